The van der Waals surface area contributed by atoms with Crippen LogP contribution in [0.2, 0.25) is 10.3 Å². The third-order valence-electron chi connectivity index (χ3n) is 1.90. The summed E-state index contributed by atoms with van der Waals surface area (Å²) in [6, 6.07) is 0. The molecule has 1 aromatic rings. The molecule has 18 heavy (non-hydrogen) atoms. The number of halogens is 3. The van der Waals surface area contributed by atoms with E-state index in [0.29, 0.717) is 12.0 Å². The molecule has 0 aliphatic carbocycles. The van der Waals surface area contributed by atoms with Crippen molar-refractivity contribution in [3.63, 3.8) is 0 Å². The van der Waals surface area contributed by atoms with Crippen LogP contribution in [0.5, 0.6) is 0 Å². The van der Waals surface area contributed by atoms with Gasteiger partial charge in [0.1, 0.15) is 10.3 Å². The summed E-state index contributed by atoms with van der Waals surface area (Å²) in [5, 5.41) is 0.573. The lowest BCUT2D eigenvalue weighted by Gasteiger charge is -2.16. The van der Waals surface area contributed by atoms with Crippen LogP contribution in [0, 0.1) is 0 Å². The summed E-state index contributed by atoms with van der Waals surface area (Å²) in [5.41, 5.74) is 0.641. The van der Waals surface area contributed by atoms with Gasteiger partial charge in [-0.3, -0.25) is 0 Å². The minimum Gasteiger partial charge on any atom is -0.369 e. The van der Waals surface area contributed by atoms with Crippen molar-refractivity contribution in [2.24, 2.45) is 4.99 Å². The molecule has 0 amide bonds. The summed E-state index contributed by atoms with van der Waals surface area (Å²) < 4.78 is 0. The Morgan fingerprint density at radius 3 is 2.11 bits per heavy atom. The van der Waals surface area contributed by atoms with Crippen molar-refractivity contribution in [2.75, 3.05) is 14.1 Å². The lowest BCUT2D eigenvalue weighted by atomic mass is 10.1. The zero-order valence-corrected chi connectivity index (χ0v) is 13.0. The Balaban J connectivity index is 3.05. The molecule has 0 unspecified atom stereocenters. The average molecular weight is 310 g/mol. The molecule has 100 valence electrons. The van der Waals surface area contributed by atoms with E-state index in [-0.39, 0.29) is 16.3 Å². The Bertz CT molecular complexity index is 429. The van der Waals surface area contributed by atoms with E-state index in [1.165, 1.54) is 0 Å². The monoisotopic (exact) mass is 308 g/mol. The van der Waals surface area contributed by atoms with Gasteiger partial charge in [-0.2, -0.15) is 9.97 Å². The van der Waals surface area contributed by atoms with Gasteiger partial charge < -0.3 is 4.90 Å². The molecule has 0 saturated heterocycles. The SMILES string of the molecule is CN(C)C=Nc1nc(Cl)c(CC(C)(C)Cl)c(Cl)n1. The molecule has 1 aromatic heterocycles. The summed E-state index contributed by atoms with van der Waals surface area (Å²) in [5.74, 6) is 0.231. The molecule has 0 saturated carbocycles. The number of hydrogen-bond donors (Lipinski definition) is 0. The van der Waals surface area contributed by atoms with E-state index < -0.39 is 4.87 Å². The van der Waals surface area contributed by atoms with Gasteiger partial charge in [0.2, 0.25) is 0 Å². The first-order chi connectivity index (χ1) is 8.19. The van der Waals surface area contributed by atoms with Crippen LogP contribution in [-0.4, -0.2) is 40.2 Å². The molecular formula is C11H15Cl3N4. The Hall–Kier alpha value is -0.580. The standard InChI is InChI=1S/C11H15Cl3N4/c1-11(2,14)5-7-8(12)16-10(17-9(7)13)15-6-18(3)4/h6H,5H2,1-4H3. The van der Waals surface area contributed by atoms with Crippen LogP contribution in [0.4, 0.5) is 5.95 Å². The van der Waals surface area contributed by atoms with Crippen LogP contribution in [0.1, 0.15) is 19.4 Å². The molecule has 0 atom stereocenters. The molecule has 0 bridgehead atoms. The molecule has 0 fully saturated rings. The maximum atomic E-state index is 6.15. The second kappa shape index (κ2) is 6.04. The molecule has 1 rings (SSSR count). The van der Waals surface area contributed by atoms with Crippen molar-refractivity contribution < 1.29 is 0 Å². The van der Waals surface area contributed by atoms with Gasteiger partial charge >= 0.3 is 0 Å². The molecular weight excluding hydrogens is 295 g/mol. The summed E-state index contributed by atoms with van der Waals surface area (Å²) >= 11 is 18.3. The normalized spacial score (nSPS) is 12.2. The third kappa shape index (κ3) is 4.96. The fourth-order valence-corrected chi connectivity index (χ4v) is 1.86. The highest BCUT2D eigenvalue weighted by Crippen LogP contribution is 2.29. The van der Waals surface area contributed by atoms with Gasteiger partial charge in [0.15, 0.2) is 0 Å². The average Bonchev–Trinajstić information content (AvgIpc) is 2.19. The molecule has 4 nitrogen and oxygen atoms in total. The first-order valence-corrected chi connectivity index (χ1v) is 6.44. The molecule has 7 heteroatoms. The second-order valence-electron chi connectivity index (χ2n) is 4.69. The molecule has 0 spiro atoms. The molecule has 0 aliphatic rings. The lowest BCUT2D eigenvalue weighted by Crippen LogP contribution is -2.15. The van der Waals surface area contributed by atoms with Gasteiger partial charge in [0, 0.05) is 24.5 Å². The number of alkyl halides is 1. The number of rotatable bonds is 4. The van der Waals surface area contributed by atoms with Gasteiger partial charge in [-0.1, -0.05) is 23.2 Å². The first-order valence-electron chi connectivity index (χ1n) is 5.30. The number of aromatic nitrogens is 2. The molecule has 0 radical (unpaired) electrons. The fraction of sp³-hybridized carbons (Fsp3) is 0.545. The molecule has 0 aliphatic heterocycles. The predicted octanol–water partition coefficient (Wildman–Crippen LogP) is 3.56. The second-order valence-corrected chi connectivity index (χ2v) is 6.43. The summed E-state index contributed by atoms with van der Waals surface area (Å²) in [6.07, 6.45) is 2.07. The summed E-state index contributed by atoms with van der Waals surface area (Å²) in [6.45, 7) is 3.75. The Kier molecular flexibility index (Phi) is 5.20. The van der Waals surface area contributed by atoms with Gasteiger partial charge in [-0.25, -0.2) is 4.99 Å². The first kappa shape index (κ1) is 15.5. The third-order valence-corrected chi connectivity index (χ3v) is 2.65. The largest absolute Gasteiger partial charge is 0.369 e. The smallest absolute Gasteiger partial charge is 0.253 e. The zero-order valence-electron chi connectivity index (χ0n) is 10.7. The highest BCUT2D eigenvalue weighted by molar-refractivity contribution is 6.35. The maximum Gasteiger partial charge on any atom is 0.253 e. The van der Waals surface area contributed by atoms with Gasteiger partial charge in [-0.15, -0.1) is 11.6 Å². The predicted molar refractivity (Wildman–Crippen MR) is 77.5 cm³/mol. The van der Waals surface area contributed by atoms with Crippen LogP contribution in [-0.2, 0) is 6.42 Å². The van der Waals surface area contributed by atoms with Crippen molar-refractivity contribution >= 4 is 47.1 Å². The van der Waals surface area contributed by atoms with E-state index in [9.17, 15) is 0 Å². The van der Waals surface area contributed by atoms with Gasteiger partial charge in [0.05, 0.1) is 6.34 Å². The van der Waals surface area contributed by atoms with Gasteiger partial charge in [-0.05, 0) is 20.3 Å². The number of aliphatic imine (C=N–C) groups is 1. The Labute approximate surface area is 122 Å². The summed E-state index contributed by atoms with van der Waals surface area (Å²) in [7, 11) is 3.69. The van der Waals surface area contributed by atoms with Crippen LogP contribution < -0.4 is 0 Å². The van der Waals surface area contributed by atoms with Gasteiger partial charge in [0.25, 0.3) is 5.95 Å². The van der Waals surface area contributed by atoms with E-state index in [4.69, 9.17) is 34.8 Å². The van der Waals surface area contributed by atoms with Crippen LogP contribution in [0.15, 0.2) is 4.99 Å². The topological polar surface area (TPSA) is 41.4 Å². The van der Waals surface area contributed by atoms with Crippen molar-refractivity contribution in [3.05, 3.63) is 15.9 Å². The maximum absolute atomic E-state index is 6.15. The van der Waals surface area contributed by atoms with E-state index in [1.54, 1.807) is 11.2 Å². The number of nitrogens with zero attached hydrogens (tertiary/aromatic N) is 4. The van der Waals surface area contributed by atoms with Crippen molar-refractivity contribution in [3.8, 4) is 0 Å². The quantitative estimate of drug-likeness (QED) is 0.369. The minimum atomic E-state index is -0.453. The number of hydrogen-bond acceptors (Lipinski definition) is 3. The molecule has 0 aromatic carbocycles. The van der Waals surface area contributed by atoms with Crippen molar-refractivity contribution in [1.82, 2.24) is 14.9 Å². The lowest BCUT2D eigenvalue weighted by molar-refractivity contribution is 0.642. The fourth-order valence-electron chi connectivity index (χ4n) is 1.21. The van der Waals surface area contributed by atoms with E-state index >= 15 is 0 Å². The highest BCUT2D eigenvalue weighted by Gasteiger charge is 2.20. The van der Waals surface area contributed by atoms with Crippen LogP contribution in [0.25, 0.3) is 0 Å². The van der Waals surface area contributed by atoms with Crippen LogP contribution >= 0.6 is 34.8 Å². The zero-order chi connectivity index (χ0) is 13.9. The van der Waals surface area contributed by atoms with Crippen molar-refractivity contribution in [2.45, 2.75) is 25.1 Å². The Morgan fingerprint density at radius 2 is 1.72 bits per heavy atom. The molecule has 1 heterocycles. The van der Waals surface area contributed by atoms with Crippen LogP contribution in [0.3, 0.4) is 0 Å². The molecule has 0 N–H and O–H groups in total. The van der Waals surface area contributed by atoms with Crippen molar-refractivity contribution in [1.29, 1.82) is 0 Å². The Morgan fingerprint density at radius 1 is 1.22 bits per heavy atom. The van der Waals surface area contributed by atoms with E-state index in [2.05, 4.69) is 15.0 Å². The van der Waals surface area contributed by atoms with E-state index in [1.807, 2.05) is 27.9 Å². The van der Waals surface area contributed by atoms with E-state index in [0.717, 1.165) is 0 Å². The highest BCUT2D eigenvalue weighted by atomic mass is 35.5. The summed E-state index contributed by atoms with van der Waals surface area (Å²) in [4.78, 5) is 13.5. The minimum absolute atomic E-state index is 0.231.